The molecule has 1 atom stereocenters. The second-order valence-corrected chi connectivity index (χ2v) is 7.28. The summed E-state index contributed by atoms with van der Waals surface area (Å²) in [5.74, 6) is 0.522. The van der Waals surface area contributed by atoms with Gasteiger partial charge in [-0.05, 0) is 49.9 Å². The highest BCUT2D eigenvalue weighted by Gasteiger charge is 2.22. The molecule has 6 heteroatoms. The van der Waals surface area contributed by atoms with Crippen LogP contribution in [-0.4, -0.2) is 24.5 Å². The first-order valence-corrected chi connectivity index (χ1v) is 9.97. The Hall–Kier alpha value is -2.76. The molecule has 0 aliphatic heterocycles. The number of ether oxygens (including phenoxy) is 1. The van der Waals surface area contributed by atoms with Gasteiger partial charge in [0.05, 0.1) is 18.4 Å². The third kappa shape index (κ3) is 5.62. The number of hydrogen-bond donors (Lipinski definition) is 2. The highest BCUT2D eigenvalue weighted by molar-refractivity contribution is 5.97. The lowest BCUT2D eigenvalue weighted by Gasteiger charge is -2.22. The molecule has 0 unspecified atom stereocenters. The van der Waals surface area contributed by atoms with Crippen molar-refractivity contribution in [2.24, 2.45) is 5.92 Å². The van der Waals surface area contributed by atoms with Gasteiger partial charge in [0.1, 0.15) is 5.76 Å². The zero-order valence-corrected chi connectivity index (χ0v) is 16.3. The Bertz CT molecular complexity index is 767. The van der Waals surface area contributed by atoms with Crippen LogP contribution in [0.4, 0.5) is 5.69 Å². The molecule has 1 aliphatic rings. The van der Waals surface area contributed by atoms with E-state index in [1.807, 2.05) is 18.2 Å². The average Bonchev–Trinajstić information content (AvgIpc) is 3.25. The van der Waals surface area contributed by atoms with Gasteiger partial charge in [-0.2, -0.15) is 0 Å². The fourth-order valence-corrected chi connectivity index (χ4v) is 3.47. The first-order valence-electron chi connectivity index (χ1n) is 9.97. The number of rotatable bonds is 8. The van der Waals surface area contributed by atoms with E-state index in [-0.39, 0.29) is 5.91 Å². The number of furan rings is 1. The monoisotopic (exact) mass is 384 g/mol. The van der Waals surface area contributed by atoms with Gasteiger partial charge in [-0.15, -0.1) is 0 Å². The number of hydrogen-bond acceptors (Lipinski definition) is 5. The van der Waals surface area contributed by atoms with Crippen LogP contribution in [0.5, 0.6) is 0 Å². The summed E-state index contributed by atoms with van der Waals surface area (Å²) in [6.07, 6.45) is 6.82. The van der Waals surface area contributed by atoms with Crippen LogP contribution >= 0.6 is 0 Å². The average molecular weight is 384 g/mol. The summed E-state index contributed by atoms with van der Waals surface area (Å²) in [5.41, 5.74) is 1.03. The van der Waals surface area contributed by atoms with Gasteiger partial charge in [0, 0.05) is 12.2 Å². The number of anilines is 1. The standard InChI is InChI=1S/C22H28N2O4/c1-16(21(25)24-14-17-8-3-2-4-9-17)28-22(26)19-11-5-6-12-20(19)23-15-18-10-7-13-27-18/h5-7,10-13,16-17,23H,2-4,8-9,14-15H2,1H3,(H,24,25)/t16-/m0/s1. The van der Waals surface area contributed by atoms with Crippen LogP contribution in [0, 0.1) is 5.92 Å². The molecule has 1 heterocycles. The third-order valence-corrected chi connectivity index (χ3v) is 5.12. The maximum atomic E-state index is 12.6. The van der Waals surface area contributed by atoms with E-state index < -0.39 is 12.1 Å². The van der Waals surface area contributed by atoms with Gasteiger partial charge >= 0.3 is 5.97 Å². The molecule has 0 radical (unpaired) electrons. The van der Waals surface area contributed by atoms with Crippen LogP contribution in [0.25, 0.3) is 0 Å². The third-order valence-electron chi connectivity index (χ3n) is 5.12. The van der Waals surface area contributed by atoms with Crippen LogP contribution in [-0.2, 0) is 16.1 Å². The van der Waals surface area contributed by atoms with Crippen LogP contribution < -0.4 is 10.6 Å². The van der Waals surface area contributed by atoms with Crippen molar-refractivity contribution in [3.05, 3.63) is 54.0 Å². The van der Waals surface area contributed by atoms with Crippen molar-refractivity contribution in [1.29, 1.82) is 0 Å². The van der Waals surface area contributed by atoms with Gasteiger partial charge in [-0.3, -0.25) is 4.79 Å². The van der Waals surface area contributed by atoms with Crippen molar-refractivity contribution < 1.29 is 18.7 Å². The lowest BCUT2D eigenvalue weighted by atomic mass is 9.89. The molecule has 0 bridgehead atoms. The second-order valence-electron chi connectivity index (χ2n) is 7.28. The van der Waals surface area contributed by atoms with Gasteiger partial charge < -0.3 is 19.8 Å². The molecular weight excluding hydrogens is 356 g/mol. The normalized spacial score (nSPS) is 15.6. The Labute approximate surface area is 165 Å². The van der Waals surface area contributed by atoms with E-state index in [2.05, 4.69) is 10.6 Å². The number of carbonyl (C=O) groups excluding carboxylic acids is 2. The van der Waals surface area contributed by atoms with Crippen molar-refractivity contribution in [3.8, 4) is 0 Å². The summed E-state index contributed by atoms with van der Waals surface area (Å²) in [6, 6.07) is 10.7. The number of carbonyl (C=O) groups is 2. The van der Waals surface area contributed by atoms with Crippen LogP contribution in [0.1, 0.15) is 55.1 Å². The Balaban J connectivity index is 1.52. The summed E-state index contributed by atoms with van der Waals surface area (Å²) in [6.45, 7) is 2.71. The van der Waals surface area contributed by atoms with E-state index in [9.17, 15) is 9.59 Å². The lowest BCUT2D eigenvalue weighted by Crippen LogP contribution is -2.38. The molecule has 1 aromatic carbocycles. The molecule has 1 saturated carbocycles. The summed E-state index contributed by atoms with van der Waals surface area (Å²) in [7, 11) is 0. The Morgan fingerprint density at radius 1 is 1.14 bits per heavy atom. The quantitative estimate of drug-likeness (QED) is 0.669. The molecule has 0 spiro atoms. The Morgan fingerprint density at radius 2 is 1.93 bits per heavy atom. The van der Waals surface area contributed by atoms with Crippen LogP contribution in [0.15, 0.2) is 47.1 Å². The van der Waals surface area contributed by atoms with E-state index in [0.29, 0.717) is 30.3 Å². The number of benzene rings is 1. The van der Waals surface area contributed by atoms with Gasteiger partial charge in [0.25, 0.3) is 5.91 Å². The summed E-state index contributed by atoms with van der Waals surface area (Å²) < 4.78 is 10.7. The van der Waals surface area contributed by atoms with E-state index in [1.165, 1.54) is 19.3 Å². The van der Waals surface area contributed by atoms with E-state index in [4.69, 9.17) is 9.15 Å². The minimum Gasteiger partial charge on any atom is -0.467 e. The smallest absolute Gasteiger partial charge is 0.341 e. The molecule has 2 N–H and O–H groups in total. The van der Waals surface area contributed by atoms with Gasteiger partial charge in [0.15, 0.2) is 6.10 Å². The zero-order chi connectivity index (χ0) is 19.8. The minimum absolute atomic E-state index is 0.250. The van der Waals surface area contributed by atoms with Gasteiger partial charge in [-0.25, -0.2) is 4.79 Å². The highest BCUT2D eigenvalue weighted by atomic mass is 16.5. The number of para-hydroxylation sites is 1. The minimum atomic E-state index is -0.839. The molecule has 6 nitrogen and oxygen atoms in total. The molecule has 28 heavy (non-hydrogen) atoms. The molecule has 1 aromatic heterocycles. The first kappa shape index (κ1) is 20.0. The van der Waals surface area contributed by atoms with Crippen molar-refractivity contribution >= 4 is 17.6 Å². The Kier molecular flexibility index (Phi) is 7.12. The predicted molar refractivity (Wildman–Crippen MR) is 107 cm³/mol. The van der Waals surface area contributed by atoms with Crippen molar-refractivity contribution in [2.45, 2.75) is 51.7 Å². The second kappa shape index (κ2) is 9.97. The fraction of sp³-hybridized carbons (Fsp3) is 0.455. The predicted octanol–water partition coefficient (Wildman–Crippen LogP) is 4.13. The maximum absolute atomic E-state index is 12.6. The first-order chi connectivity index (χ1) is 13.6. The van der Waals surface area contributed by atoms with Crippen LogP contribution in [0.2, 0.25) is 0 Å². The van der Waals surface area contributed by atoms with E-state index in [1.54, 1.807) is 31.4 Å². The Morgan fingerprint density at radius 3 is 2.68 bits per heavy atom. The molecule has 1 amide bonds. The number of esters is 1. The summed E-state index contributed by atoms with van der Waals surface area (Å²) in [5, 5.41) is 6.10. The molecule has 0 saturated heterocycles. The largest absolute Gasteiger partial charge is 0.467 e. The van der Waals surface area contributed by atoms with E-state index in [0.717, 1.165) is 18.6 Å². The summed E-state index contributed by atoms with van der Waals surface area (Å²) >= 11 is 0. The van der Waals surface area contributed by atoms with Crippen LogP contribution in [0.3, 0.4) is 0 Å². The molecular formula is C22H28N2O4. The lowest BCUT2D eigenvalue weighted by molar-refractivity contribution is -0.129. The molecule has 150 valence electrons. The van der Waals surface area contributed by atoms with E-state index >= 15 is 0 Å². The zero-order valence-electron chi connectivity index (χ0n) is 16.3. The highest BCUT2D eigenvalue weighted by Crippen LogP contribution is 2.23. The number of amides is 1. The van der Waals surface area contributed by atoms with Gasteiger partial charge in [-0.1, -0.05) is 31.4 Å². The number of nitrogens with one attached hydrogen (secondary N) is 2. The molecule has 2 aromatic rings. The SMILES string of the molecule is C[C@H](OC(=O)c1ccccc1NCc1ccco1)C(=O)NCC1CCCCC1. The van der Waals surface area contributed by atoms with Crippen molar-refractivity contribution in [3.63, 3.8) is 0 Å². The fourth-order valence-electron chi connectivity index (χ4n) is 3.47. The summed E-state index contributed by atoms with van der Waals surface area (Å²) in [4.78, 5) is 24.9. The van der Waals surface area contributed by atoms with Crippen molar-refractivity contribution in [1.82, 2.24) is 5.32 Å². The van der Waals surface area contributed by atoms with Crippen molar-refractivity contribution in [2.75, 3.05) is 11.9 Å². The topological polar surface area (TPSA) is 80.6 Å². The molecule has 1 fully saturated rings. The van der Waals surface area contributed by atoms with Gasteiger partial charge in [0.2, 0.25) is 0 Å². The molecule has 1 aliphatic carbocycles. The maximum Gasteiger partial charge on any atom is 0.341 e. The molecule has 3 rings (SSSR count).